The highest BCUT2D eigenvalue weighted by Crippen LogP contribution is 2.40. The molecule has 6 nitrogen and oxygen atoms in total. The maximum absolute atomic E-state index is 12.3. The lowest BCUT2D eigenvalue weighted by molar-refractivity contribution is -0.0734. The Bertz CT molecular complexity index is 489. The van der Waals surface area contributed by atoms with Crippen molar-refractivity contribution >= 4 is 5.91 Å². The first-order valence-electron chi connectivity index (χ1n) is 7.10. The van der Waals surface area contributed by atoms with Crippen LogP contribution >= 0.6 is 0 Å². The molecule has 20 heavy (non-hydrogen) atoms. The number of ether oxygens (including phenoxy) is 1. The van der Waals surface area contributed by atoms with Crippen molar-refractivity contribution in [3.05, 3.63) is 17.5 Å². The molecule has 2 aliphatic rings. The maximum Gasteiger partial charge on any atom is 0.275 e. The Morgan fingerprint density at radius 2 is 2.20 bits per heavy atom. The van der Waals surface area contributed by atoms with Crippen LogP contribution in [-0.4, -0.2) is 53.5 Å². The Morgan fingerprint density at radius 3 is 2.85 bits per heavy atom. The summed E-state index contributed by atoms with van der Waals surface area (Å²) in [4.78, 5) is 13.8. The molecular weight excluding hydrogens is 260 g/mol. The third-order valence-corrected chi connectivity index (χ3v) is 4.03. The molecule has 1 aromatic rings. The molecule has 0 unspecified atom stereocenters. The van der Waals surface area contributed by atoms with Gasteiger partial charge < -0.3 is 19.3 Å². The van der Waals surface area contributed by atoms with Crippen molar-refractivity contribution < 1.29 is 19.2 Å². The third-order valence-electron chi connectivity index (χ3n) is 4.03. The number of nitrogens with zero attached hydrogens (tertiary/aromatic N) is 2. The van der Waals surface area contributed by atoms with Gasteiger partial charge in [0.2, 0.25) is 0 Å². The first-order chi connectivity index (χ1) is 9.57. The Kier molecular flexibility index (Phi) is 3.52. The Morgan fingerprint density at radius 1 is 1.50 bits per heavy atom. The first kappa shape index (κ1) is 13.6. The van der Waals surface area contributed by atoms with Gasteiger partial charge >= 0.3 is 0 Å². The number of amides is 1. The molecule has 0 spiro atoms. The Balaban J connectivity index is 1.62. The van der Waals surface area contributed by atoms with Gasteiger partial charge in [-0.05, 0) is 12.8 Å². The molecule has 0 aromatic carbocycles. The standard InChI is InChI=1S/C14H20N2O4/c1-16(9-14(18)4-6-19-7-5-14)13(17)11-8-12(20-15-11)10-2-3-10/h8,10,18H,2-7,9H2,1H3. The molecule has 1 aliphatic heterocycles. The van der Waals surface area contributed by atoms with Gasteiger partial charge in [0.05, 0.1) is 5.60 Å². The molecule has 1 saturated carbocycles. The topological polar surface area (TPSA) is 75.8 Å². The highest BCUT2D eigenvalue weighted by molar-refractivity contribution is 5.92. The molecule has 0 bridgehead atoms. The third kappa shape index (κ3) is 2.86. The van der Waals surface area contributed by atoms with E-state index in [1.165, 1.54) is 4.90 Å². The van der Waals surface area contributed by atoms with E-state index in [0.717, 1.165) is 18.6 Å². The Hall–Kier alpha value is -1.40. The molecule has 1 amide bonds. The van der Waals surface area contributed by atoms with E-state index in [-0.39, 0.29) is 5.91 Å². The van der Waals surface area contributed by atoms with E-state index in [4.69, 9.17) is 9.26 Å². The molecule has 1 N–H and O–H groups in total. The molecule has 0 radical (unpaired) electrons. The lowest BCUT2D eigenvalue weighted by atomic mass is 9.94. The second-order valence-corrected chi connectivity index (χ2v) is 5.89. The average Bonchev–Trinajstić information content (AvgIpc) is 3.16. The van der Waals surface area contributed by atoms with Crippen molar-refractivity contribution in [2.75, 3.05) is 26.8 Å². The van der Waals surface area contributed by atoms with E-state index >= 15 is 0 Å². The number of likely N-dealkylation sites (N-methyl/N-ethyl adjacent to an activating group) is 1. The molecule has 1 aromatic heterocycles. The van der Waals surface area contributed by atoms with Crippen molar-refractivity contribution in [3.8, 4) is 0 Å². The van der Waals surface area contributed by atoms with Gasteiger partial charge in [0.1, 0.15) is 5.76 Å². The summed E-state index contributed by atoms with van der Waals surface area (Å²) >= 11 is 0. The fraction of sp³-hybridized carbons (Fsp3) is 0.714. The van der Waals surface area contributed by atoms with Gasteiger partial charge in [0.15, 0.2) is 5.69 Å². The van der Waals surface area contributed by atoms with Crippen LogP contribution in [-0.2, 0) is 4.74 Å². The van der Waals surface area contributed by atoms with Crippen LogP contribution in [0.1, 0.15) is 47.8 Å². The highest BCUT2D eigenvalue weighted by atomic mass is 16.5. The summed E-state index contributed by atoms with van der Waals surface area (Å²) in [6.45, 7) is 1.36. The summed E-state index contributed by atoms with van der Waals surface area (Å²) in [7, 11) is 1.68. The molecule has 110 valence electrons. The number of carbonyl (C=O) groups excluding carboxylic acids is 1. The van der Waals surface area contributed by atoms with E-state index in [1.807, 2.05) is 0 Å². The summed E-state index contributed by atoms with van der Waals surface area (Å²) in [5, 5.41) is 14.3. The van der Waals surface area contributed by atoms with Crippen LogP contribution in [0, 0.1) is 0 Å². The SMILES string of the molecule is CN(CC1(O)CCOCC1)C(=O)c1cc(C2CC2)on1. The largest absolute Gasteiger partial charge is 0.388 e. The van der Waals surface area contributed by atoms with Gasteiger partial charge in [0, 0.05) is 51.6 Å². The molecule has 2 heterocycles. The normalized spacial score (nSPS) is 21.7. The zero-order chi connectivity index (χ0) is 14.2. The van der Waals surface area contributed by atoms with E-state index in [9.17, 15) is 9.90 Å². The van der Waals surface area contributed by atoms with Crippen molar-refractivity contribution in [1.82, 2.24) is 10.1 Å². The lowest BCUT2D eigenvalue weighted by Crippen LogP contribution is -2.47. The molecule has 6 heteroatoms. The number of aliphatic hydroxyl groups is 1. The molecule has 2 fully saturated rings. The van der Waals surface area contributed by atoms with Gasteiger partial charge in [-0.25, -0.2) is 0 Å². The van der Waals surface area contributed by atoms with E-state index in [1.54, 1.807) is 13.1 Å². The fourth-order valence-corrected chi connectivity index (χ4v) is 2.57. The number of hydrogen-bond acceptors (Lipinski definition) is 5. The molecule has 3 rings (SSSR count). The zero-order valence-corrected chi connectivity index (χ0v) is 11.7. The minimum Gasteiger partial charge on any atom is -0.388 e. The van der Waals surface area contributed by atoms with E-state index in [2.05, 4.69) is 5.16 Å². The summed E-state index contributed by atoms with van der Waals surface area (Å²) < 4.78 is 10.4. The summed E-state index contributed by atoms with van der Waals surface area (Å²) in [5.74, 6) is 1.03. The van der Waals surface area contributed by atoms with Gasteiger partial charge in [-0.3, -0.25) is 4.79 Å². The van der Waals surface area contributed by atoms with Crippen molar-refractivity contribution in [1.29, 1.82) is 0 Å². The van der Waals surface area contributed by atoms with E-state index in [0.29, 0.717) is 44.2 Å². The molecule has 1 aliphatic carbocycles. The number of hydrogen-bond donors (Lipinski definition) is 1. The highest BCUT2D eigenvalue weighted by Gasteiger charge is 2.34. The summed E-state index contributed by atoms with van der Waals surface area (Å²) in [6, 6.07) is 1.73. The Labute approximate surface area is 117 Å². The number of carbonyl (C=O) groups is 1. The summed E-state index contributed by atoms with van der Waals surface area (Å²) in [6.07, 6.45) is 3.32. The quantitative estimate of drug-likeness (QED) is 0.896. The number of aromatic nitrogens is 1. The molecular formula is C14H20N2O4. The second kappa shape index (κ2) is 5.18. The minimum absolute atomic E-state index is 0.208. The van der Waals surface area contributed by atoms with Gasteiger partial charge in [0.25, 0.3) is 5.91 Å². The van der Waals surface area contributed by atoms with Crippen LogP contribution in [0.5, 0.6) is 0 Å². The van der Waals surface area contributed by atoms with Crippen molar-refractivity contribution in [2.45, 2.75) is 37.2 Å². The van der Waals surface area contributed by atoms with Crippen LogP contribution in [0.2, 0.25) is 0 Å². The van der Waals surface area contributed by atoms with Crippen LogP contribution in [0.4, 0.5) is 0 Å². The molecule has 0 atom stereocenters. The first-order valence-corrected chi connectivity index (χ1v) is 7.10. The predicted molar refractivity (Wildman–Crippen MR) is 70.4 cm³/mol. The predicted octanol–water partition coefficient (Wildman–Crippen LogP) is 1.17. The van der Waals surface area contributed by atoms with Crippen molar-refractivity contribution in [3.63, 3.8) is 0 Å². The van der Waals surface area contributed by atoms with Crippen LogP contribution in [0.25, 0.3) is 0 Å². The fourth-order valence-electron chi connectivity index (χ4n) is 2.57. The van der Waals surface area contributed by atoms with Crippen LogP contribution in [0.15, 0.2) is 10.6 Å². The average molecular weight is 280 g/mol. The second-order valence-electron chi connectivity index (χ2n) is 5.89. The van der Waals surface area contributed by atoms with Crippen LogP contribution < -0.4 is 0 Å². The molecule has 1 saturated heterocycles. The maximum atomic E-state index is 12.3. The smallest absolute Gasteiger partial charge is 0.275 e. The van der Waals surface area contributed by atoms with Gasteiger partial charge in [-0.15, -0.1) is 0 Å². The lowest BCUT2D eigenvalue weighted by Gasteiger charge is -2.35. The van der Waals surface area contributed by atoms with Crippen LogP contribution in [0.3, 0.4) is 0 Å². The minimum atomic E-state index is -0.855. The van der Waals surface area contributed by atoms with Gasteiger partial charge in [-0.1, -0.05) is 5.16 Å². The van der Waals surface area contributed by atoms with Gasteiger partial charge in [-0.2, -0.15) is 0 Å². The summed E-state index contributed by atoms with van der Waals surface area (Å²) in [5.41, 5.74) is -0.531. The van der Waals surface area contributed by atoms with Crippen molar-refractivity contribution in [2.24, 2.45) is 0 Å². The monoisotopic (exact) mass is 280 g/mol. The van der Waals surface area contributed by atoms with E-state index < -0.39 is 5.60 Å². The zero-order valence-electron chi connectivity index (χ0n) is 11.7. The number of rotatable bonds is 4.